The number of hydrogen-bond donors (Lipinski definition) is 2. The lowest BCUT2D eigenvalue weighted by atomic mass is 10.1. The summed E-state index contributed by atoms with van der Waals surface area (Å²) in [6.45, 7) is 4.87. The molecule has 0 aliphatic heterocycles. The van der Waals surface area contributed by atoms with Crippen LogP contribution in [-0.2, 0) is 4.79 Å². The molecule has 0 unspecified atom stereocenters. The predicted octanol–water partition coefficient (Wildman–Crippen LogP) is 3.90. The van der Waals surface area contributed by atoms with Crippen LogP contribution in [0.4, 0.5) is 0 Å². The smallest absolute Gasteiger partial charge is 0.306 e. The van der Waals surface area contributed by atoms with Crippen molar-refractivity contribution in [2.75, 3.05) is 13.2 Å². The number of hydrogen-bond acceptors (Lipinski definition) is 4. The Morgan fingerprint density at radius 3 is 2.65 bits per heavy atom. The van der Waals surface area contributed by atoms with E-state index in [1.165, 1.54) is 0 Å². The molecule has 1 aliphatic carbocycles. The van der Waals surface area contributed by atoms with Gasteiger partial charge in [0.15, 0.2) is 11.5 Å². The molecular formula is C19H26ClNO5. The van der Waals surface area contributed by atoms with Crippen LogP contribution in [0.3, 0.4) is 0 Å². The number of ether oxygens (including phenoxy) is 2. The lowest BCUT2D eigenvalue weighted by Crippen LogP contribution is -2.33. The van der Waals surface area contributed by atoms with Crippen molar-refractivity contribution >= 4 is 23.5 Å². The number of unbranched alkanes of at least 4 members (excludes halogenated alkanes) is 1. The Morgan fingerprint density at radius 1 is 1.27 bits per heavy atom. The summed E-state index contributed by atoms with van der Waals surface area (Å²) in [5.41, 5.74) is 0.375. The van der Waals surface area contributed by atoms with E-state index in [-0.39, 0.29) is 11.9 Å². The average Bonchev–Trinajstić information content (AvgIpc) is 3.06. The minimum absolute atomic E-state index is 0.140. The predicted molar refractivity (Wildman–Crippen MR) is 99.3 cm³/mol. The van der Waals surface area contributed by atoms with Gasteiger partial charge in [-0.3, -0.25) is 9.59 Å². The van der Waals surface area contributed by atoms with Crippen molar-refractivity contribution in [1.29, 1.82) is 0 Å². The molecule has 1 fully saturated rings. The molecule has 2 rings (SSSR count). The lowest BCUT2D eigenvalue weighted by Gasteiger charge is -2.16. The molecule has 1 aliphatic rings. The Hall–Kier alpha value is -1.95. The van der Waals surface area contributed by atoms with Crippen LogP contribution >= 0.6 is 11.6 Å². The molecule has 144 valence electrons. The van der Waals surface area contributed by atoms with Crippen molar-refractivity contribution in [2.24, 2.45) is 5.92 Å². The Bertz CT molecular complexity index is 649. The molecular weight excluding hydrogens is 358 g/mol. The summed E-state index contributed by atoms with van der Waals surface area (Å²) in [7, 11) is 0. The fourth-order valence-corrected chi connectivity index (χ4v) is 3.29. The van der Waals surface area contributed by atoms with Gasteiger partial charge in [-0.1, -0.05) is 24.9 Å². The average molecular weight is 384 g/mol. The maximum Gasteiger partial charge on any atom is 0.306 e. The van der Waals surface area contributed by atoms with Crippen LogP contribution in [0.2, 0.25) is 5.02 Å². The second kappa shape index (κ2) is 9.67. The first-order chi connectivity index (χ1) is 12.5. The molecule has 7 heteroatoms. The van der Waals surface area contributed by atoms with E-state index >= 15 is 0 Å². The van der Waals surface area contributed by atoms with E-state index in [1.54, 1.807) is 12.1 Å². The standard InChI is InChI=1S/C19H26ClNO5/c1-3-5-8-26-17-15(20)10-13(11-16(17)25-4-2)18(22)21-14-7-6-12(9-14)19(23)24/h10-12,14H,3-9H2,1-2H3,(H,21,22)(H,23,24)/t12-,14+/m1/s1. The first kappa shape index (κ1) is 20.4. The molecule has 0 heterocycles. The van der Waals surface area contributed by atoms with E-state index in [0.29, 0.717) is 54.6 Å². The Labute approximate surface area is 158 Å². The zero-order valence-electron chi connectivity index (χ0n) is 15.2. The minimum Gasteiger partial charge on any atom is -0.490 e. The molecule has 2 N–H and O–H groups in total. The van der Waals surface area contributed by atoms with Crippen LogP contribution in [0.1, 0.15) is 56.3 Å². The summed E-state index contributed by atoms with van der Waals surface area (Å²) in [5.74, 6) is -0.598. The van der Waals surface area contributed by atoms with Gasteiger partial charge in [-0.25, -0.2) is 0 Å². The fraction of sp³-hybridized carbons (Fsp3) is 0.579. The van der Waals surface area contributed by atoms with Gasteiger partial charge in [0.2, 0.25) is 0 Å². The van der Waals surface area contributed by atoms with Gasteiger partial charge in [0.25, 0.3) is 5.91 Å². The number of carboxylic acids is 1. The molecule has 0 spiro atoms. The molecule has 1 aromatic rings. The second-order valence-corrected chi connectivity index (χ2v) is 6.85. The zero-order valence-corrected chi connectivity index (χ0v) is 16.0. The topological polar surface area (TPSA) is 84.9 Å². The molecule has 6 nitrogen and oxygen atoms in total. The van der Waals surface area contributed by atoms with E-state index in [0.717, 1.165) is 12.8 Å². The molecule has 1 amide bonds. The first-order valence-corrected chi connectivity index (χ1v) is 9.46. The van der Waals surface area contributed by atoms with Crippen molar-refractivity contribution in [3.63, 3.8) is 0 Å². The van der Waals surface area contributed by atoms with Crippen molar-refractivity contribution in [1.82, 2.24) is 5.32 Å². The maximum atomic E-state index is 12.5. The summed E-state index contributed by atoms with van der Waals surface area (Å²) >= 11 is 6.31. The Balaban J connectivity index is 2.10. The van der Waals surface area contributed by atoms with Crippen molar-refractivity contribution in [3.8, 4) is 11.5 Å². The quantitative estimate of drug-likeness (QED) is 0.631. The highest BCUT2D eigenvalue weighted by Gasteiger charge is 2.31. The molecule has 0 aromatic heterocycles. The number of rotatable bonds is 9. The largest absolute Gasteiger partial charge is 0.490 e. The van der Waals surface area contributed by atoms with E-state index < -0.39 is 11.9 Å². The normalized spacial score (nSPS) is 19.2. The zero-order chi connectivity index (χ0) is 19.1. The van der Waals surface area contributed by atoms with Crippen LogP contribution in [0.25, 0.3) is 0 Å². The summed E-state index contributed by atoms with van der Waals surface area (Å²) in [6.07, 6.45) is 3.59. The highest BCUT2D eigenvalue weighted by molar-refractivity contribution is 6.32. The number of nitrogens with one attached hydrogen (secondary N) is 1. The SMILES string of the molecule is CCCCOc1c(Cl)cc(C(=O)N[C@H]2CC[C@@H](C(=O)O)C2)cc1OCC. The van der Waals surface area contributed by atoms with Crippen LogP contribution in [-0.4, -0.2) is 36.2 Å². The van der Waals surface area contributed by atoms with E-state index in [4.69, 9.17) is 26.2 Å². The van der Waals surface area contributed by atoms with E-state index in [9.17, 15) is 9.59 Å². The second-order valence-electron chi connectivity index (χ2n) is 6.44. The number of halogens is 1. The van der Waals surface area contributed by atoms with E-state index in [2.05, 4.69) is 12.2 Å². The summed E-state index contributed by atoms with van der Waals surface area (Å²) in [6, 6.07) is 3.04. The van der Waals surface area contributed by atoms with Crippen molar-refractivity contribution < 1.29 is 24.2 Å². The number of benzene rings is 1. The van der Waals surface area contributed by atoms with Gasteiger partial charge < -0.3 is 19.9 Å². The van der Waals surface area contributed by atoms with Crippen LogP contribution < -0.4 is 14.8 Å². The van der Waals surface area contributed by atoms with Gasteiger partial charge in [-0.15, -0.1) is 0 Å². The molecule has 26 heavy (non-hydrogen) atoms. The van der Waals surface area contributed by atoms with Crippen molar-refractivity contribution in [2.45, 2.75) is 52.0 Å². The number of carboxylic acid groups (broad SMARTS) is 1. The summed E-state index contributed by atoms with van der Waals surface area (Å²) in [5, 5.41) is 12.3. The molecule has 1 saturated carbocycles. The number of aliphatic carboxylic acids is 1. The fourth-order valence-electron chi connectivity index (χ4n) is 3.03. The number of amides is 1. The highest BCUT2D eigenvalue weighted by atomic mass is 35.5. The Morgan fingerprint density at radius 2 is 2.04 bits per heavy atom. The van der Waals surface area contributed by atoms with Gasteiger partial charge in [-0.2, -0.15) is 0 Å². The third-order valence-electron chi connectivity index (χ3n) is 4.43. The van der Waals surface area contributed by atoms with Gasteiger partial charge in [0.05, 0.1) is 24.2 Å². The molecule has 0 saturated heterocycles. The summed E-state index contributed by atoms with van der Waals surface area (Å²) < 4.78 is 11.3. The lowest BCUT2D eigenvalue weighted by molar-refractivity contribution is -0.141. The third kappa shape index (κ3) is 5.27. The highest BCUT2D eigenvalue weighted by Crippen LogP contribution is 2.37. The van der Waals surface area contributed by atoms with Crippen molar-refractivity contribution in [3.05, 3.63) is 22.7 Å². The number of carbonyl (C=O) groups excluding carboxylic acids is 1. The minimum atomic E-state index is -0.808. The Kier molecular flexibility index (Phi) is 7.57. The first-order valence-electron chi connectivity index (χ1n) is 9.09. The molecule has 0 radical (unpaired) electrons. The van der Waals surface area contributed by atoms with Gasteiger partial charge in [-0.05, 0) is 44.7 Å². The van der Waals surface area contributed by atoms with Gasteiger partial charge in [0.1, 0.15) is 0 Å². The monoisotopic (exact) mass is 383 g/mol. The molecule has 2 atom stereocenters. The van der Waals surface area contributed by atoms with Gasteiger partial charge in [0, 0.05) is 11.6 Å². The van der Waals surface area contributed by atoms with Crippen LogP contribution in [0.15, 0.2) is 12.1 Å². The summed E-state index contributed by atoms with van der Waals surface area (Å²) in [4.78, 5) is 23.6. The van der Waals surface area contributed by atoms with Crippen LogP contribution in [0, 0.1) is 5.92 Å². The van der Waals surface area contributed by atoms with E-state index in [1.807, 2.05) is 6.92 Å². The maximum absolute atomic E-state index is 12.5. The molecule has 0 bridgehead atoms. The third-order valence-corrected chi connectivity index (χ3v) is 4.71. The number of carbonyl (C=O) groups is 2. The van der Waals surface area contributed by atoms with Crippen LogP contribution in [0.5, 0.6) is 11.5 Å². The molecule has 1 aromatic carbocycles. The van der Waals surface area contributed by atoms with Gasteiger partial charge >= 0.3 is 5.97 Å².